The van der Waals surface area contributed by atoms with Crippen LogP contribution in [-0.2, 0) is 9.53 Å². The van der Waals surface area contributed by atoms with Crippen LogP contribution in [0.5, 0.6) is 0 Å². The summed E-state index contributed by atoms with van der Waals surface area (Å²) in [5.41, 5.74) is 1.03. The summed E-state index contributed by atoms with van der Waals surface area (Å²) in [6.07, 6.45) is 12.1. The monoisotopic (exact) mass is 577 g/mol. The molecule has 7 heteroatoms. The summed E-state index contributed by atoms with van der Waals surface area (Å²) in [5, 5.41) is 2.85. The van der Waals surface area contributed by atoms with Gasteiger partial charge in [0, 0.05) is 5.56 Å². The Morgan fingerprint density at radius 1 is 0.861 bits per heavy atom. The van der Waals surface area contributed by atoms with Crippen LogP contribution < -0.4 is 5.32 Å². The highest BCUT2D eigenvalue weighted by atomic mass is 79.9. The van der Waals surface area contributed by atoms with Gasteiger partial charge in [0.25, 0.3) is 0 Å². The van der Waals surface area contributed by atoms with Crippen LogP contribution >= 0.6 is 27.5 Å². The van der Waals surface area contributed by atoms with E-state index in [1.54, 1.807) is 36.4 Å². The molecule has 0 spiro atoms. The number of rotatable bonds is 16. The zero-order valence-corrected chi connectivity index (χ0v) is 23.6. The van der Waals surface area contributed by atoms with Gasteiger partial charge in [-0.25, -0.2) is 4.79 Å². The zero-order valence-electron chi connectivity index (χ0n) is 21.3. The topological polar surface area (TPSA) is 72.5 Å². The number of benzene rings is 2. The van der Waals surface area contributed by atoms with Crippen LogP contribution in [0.1, 0.15) is 98.8 Å². The van der Waals surface area contributed by atoms with Gasteiger partial charge in [0.1, 0.15) is 0 Å². The van der Waals surface area contributed by atoms with Crippen molar-refractivity contribution in [2.75, 3.05) is 11.9 Å². The predicted octanol–water partition coefficient (Wildman–Crippen LogP) is 8.39. The molecule has 2 rings (SSSR count). The summed E-state index contributed by atoms with van der Waals surface area (Å²) in [4.78, 5) is 38.0. The lowest BCUT2D eigenvalue weighted by Gasteiger charge is -2.21. The predicted molar refractivity (Wildman–Crippen MR) is 150 cm³/mol. The Hall–Kier alpha value is -2.18. The van der Waals surface area contributed by atoms with E-state index in [9.17, 15) is 14.4 Å². The lowest BCUT2D eigenvalue weighted by Crippen LogP contribution is -2.41. The maximum atomic E-state index is 12.8. The molecule has 0 aliphatic rings. The highest BCUT2D eigenvalue weighted by molar-refractivity contribution is 9.10. The van der Waals surface area contributed by atoms with Gasteiger partial charge in [-0.1, -0.05) is 123 Å². The largest absolute Gasteiger partial charge is 0.462 e. The fourth-order valence-corrected chi connectivity index (χ4v) is 4.34. The first-order valence-electron chi connectivity index (χ1n) is 12.8. The first-order chi connectivity index (χ1) is 17.3. The smallest absolute Gasteiger partial charge is 0.338 e. The maximum Gasteiger partial charge on any atom is 0.338 e. The van der Waals surface area contributed by atoms with Crippen molar-refractivity contribution in [3.8, 4) is 0 Å². The second-order valence-corrected chi connectivity index (χ2v) is 11.2. The van der Waals surface area contributed by atoms with Crippen molar-refractivity contribution in [1.82, 2.24) is 0 Å². The van der Waals surface area contributed by atoms with Gasteiger partial charge in [-0.15, -0.1) is 0 Å². The second-order valence-electron chi connectivity index (χ2n) is 9.16. The molecule has 2 aromatic rings. The molecule has 0 aromatic heterocycles. The number of ether oxygens (including phenoxy) is 1. The zero-order chi connectivity index (χ0) is 26.4. The van der Waals surface area contributed by atoms with Gasteiger partial charge in [0.05, 0.1) is 22.9 Å². The molecule has 36 heavy (non-hydrogen) atoms. The molecule has 0 aliphatic heterocycles. The van der Waals surface area contributed by atoms with E-state index in [4.69, 9.17) is 16.3 Å². The Bertz CT molecular complexity index is 994. The van der Waals surface area contributed by atoms with E-state index in [0.29, 0.717) is 23.4 Å². The number of ketones is 1. The first-order valence-corrected chi connectivity index (χ1v) is 14.0. The SMILES string of the molecule is CCCCCCCCCCCCOC(=O)c1ccc(NC(=O)C(C)(Br)C(=O)c2ccccc2)c(Cl)c1. The normalized spacial score (nSPS) is 12.6. The van der Waals surface area contributed by atoms with Crippen molar-refractivity contribution in [3.05, 3.63) is 64.7 Å². The maximum absolute atomic E-state index is 12.8. The van der Waals surface area contributed by atoms with Gasteiger partial charge < -0.3 is 10.1 Å². The highest BCUT2D eigenvalue weighted by Crippen LogP contribution is 2.29. The van der Waals surface area contributed by atoms with Crippen LogP contribution in [0.15, 0.2) is 48.5 Å². The summed E-state index contributed by atoms with van der Waals surface area (Å²) < 4.78 is 3.89. The second kappa shape index (κ2) is 15.8. The van der Waals surface area contributed by atoms with Crippen LogP contribution in [0.4, 0.5) is 5.69 Å². The molecule has 0 saturated heterocycles. The molecule has 5 nitrogen and oxygen atoms in total. The number of alkyl halides is 1. The molecule has 1 N–H and O–H groups in total. The third-order valence-corrected chi connectivity index (χ3v) is 7.11. The van der Waals surface area contributed by atoms with Crippen LogP contribution in [0.25, 0.3) is 0 Å². The van der Waals surface area contributed by atoms with E-state index in [-0.39, 0.29) is 10.8 Å². The molecule has 0 bridgehead atoms. The number of unbranched alkanes of at least 4 members (excludes halogenated alkanes) is 9. The molecule has 1 amide bonds. The average Bonchev–Trinajstić information content (AvgIpc) is 2.88. The van der Waals surface area contributed by atoms with Crippen molar-refractivity contribution in [3.63, 3.8) is 0 Å². The summed E-state index contributed by atoms with van der Waals surface area (Å²) in [7, 11) is 0. The minimum Gasteiger partial charge on any atom is -0.462 e. The summed E-state index contributed by atoms with van der Waals surface area (Å²) >= 11 is 9.57. The van der Waals surface area contributed by atoms with Gasteiger partial charge in [0.2, 0.25) is 5.91 Å². The van der Waals surface area contributed by atoms with E-state index in [1.807, 2.05) is 0 Å². The molecule has 1 atom stereocenters. The van der Waals surface area contributed by atoms with Crippen LogP contribution in [-0.4, -0.2) is 28.6 Å². The molecule has 196 valence electrons. The number of hydrogen-bond donors (Lipinski definition) is 1. The van der Waals surface area contributed by atoms with Crippen LogP contribution in [0.3, 0.4) is 0 Å². The number of carbonyl (C=O) groups is 3. The number of halogens is 2. The number of nitrogens with one attached hydrogen (secondary N) is 1. The third kappa shape index (κ3) is 9.70. The first kappa shape index (κ1) is 30.0. The van der Waals surface area contributed by atoms with Gasteiger partial charge in [-0.2, -0.15) is 0 Å². The number of hydrogen-bond acceptors (Lipinski definition) is 4. The molecule has 0 radical (unpaired) electrons. The van der Waals surface area contributed by atoms with Gasteiger partial charge in [-0.05, 0) is 31.5 Å². The van der Waals surface area contributed by atoms with E-state index in [2.05, 4.69) is 28.2 Å². The van der Waals surface area contributed by atoms with Crippen molar-refractivity contribution < 1.29 is 19.1 Å². The molecule has 0 aliphatic carbocycles. The standard InChI is InChI=1S/C29H37BrClNO4/c1-3-4-5-6-7-8-9-10-11-15-20-36-27(34)23-18-19-25(24(31)21-23)32-28(35)29(2,30)26(33)22-16-13-12-14-17-22/h12-14,16-19,21H,3-11,15,20H2,1-2H3,(H,32,35). The summed E-state index contributed by atoms with van der Waals surface area (Å²) in [6, 6.07) is 13.1. The molecule has 0 heterocycles. The quantitative estimate of drug-likeness (QED) is 0.0714. The number of esters is 1. The Balaban J connectivity index is 1.76. The number of carbonyl (C=O) groups excluding carboxylic acids is 3. The van der Waals surface area contributed by atoms with Crippen LogP contribution in [0.2, 0.25) is 5.02 Å². The Morgan fingerprint density at radius 2 is 1.44 bits per heavy atom. The van der Waals surface area contributed by atoms with Crippen molar-refractivity contribution in [2.24, 2.45) is 0 Å². The highest BCUT2D eigenvalue weighted by Gasteiger charge is 2.39. The van der Waals surface area contributed by atoms with Crippen LogP contribution in [0, 0.1) is 0 Å². The number of anilines is 1. The summed E-state index contributed by atoms with van der Waals surface area (Å²) in [6.45, 7) is 4.09. The molecule has 0 saturated carbocycles. The summed E-state index contributed by atoms with van der Waals surface area (Å²) in [5.74, 6) is -1.38. The number of amides is 1. The van der Waals surface area contributed by atoms with E-state index >= 15 is 0 Å². The van der Waals surface area contributed by atoms with Crippen molar-refractivity contribution in [1.29, 1.82) is 0 Å². The van der Waals surface area contributed by atoms with Gasteiger partial charge >= 0.3 is 5.97 Å². The van der Waals surface area contributed by atoms with Gasteiger partial charge in [0.15, 0.2) is 10.1 Å². The Morgan fingerprint density at radius 3 is 2.03 bits per heavy atom. The lowest BCUT2D eigenvalue weighted by molar-refractivity contribution is -0.116. The fraction of sp³-hybridized carbons (Fsp3) is 0.483. The lowest BCUT2D eigenvalue weighted by atomic mass is 9.98. The number of Topliss-reactive ketones (excluding diaryl/α,β-unsaturated/α-hetero) is 1. The molecular formula is C29H37BrClNO4. The van der Waals surface area contributed by atoms with Crippen molar-refractivity contribution in [2.45, 2.75) is 82.4 Å². The van der Waals surface area contributed by atoms with Crippen molar-refractivity contribution >= 4 is 50.9 Å². The average molecular weight is 579 g/mol. The fourth-order valence-electron chi connectivity index (χ4n) is 3.78. The minimum atomic E-state index is -1.48. The molecular weight excluding hydrogens is 542 g/mol. The van der Waals surface area contributed by atoms with E-state index < -0.39 is 16.2 Å². The molecule has 2 aromatic carbocycles. The van der Waals surface area contributed by atoms with E-state index in [0.717, 1.165) is 19.3 Å². The minimum absolute atomic E-state index is 0.187. The molecule has 0 fully saturated rings. The molecule has 1 unspecified atom stereocenters. The Labute approximate surface area is 228 Å². The third-order valence-electron chi connectivity index (χ3n) is 6.07. The van der Waals surface area contributed by atoms with E-state index in [1.165, 1.54) is 64.0 Å². The Kier molecular flexibility index (Phi) is 13.2. The van der Waals surface area contributed by atoms with Gasteiger partial charge in [-0.3, -0.25) is 9.59 Å².